The van der Waals surface area contributed by atoms with Crippen LogP contribution >= 0.6 is 0 Å². The van der Waals surface area contributed by atoms with Gasteiger partial charge in [0.2, 0.25) is 5.90 Å². The first-order valence-electron chi connectivity index (χ1n) is 14.6. The second kappa shape index (κ2) is 15.4. The molecule has 1 aliphatic rings. The van der Waals surface area contributed by atoms with Crippen LogP contribution in [0.5, 0.6) is 5.75 Å². The Kier molecular flexibility index (Phi) is 10.6. The summed E-state index contributed by atoms with van der Waals surface area (Å²) in [6.07, 6.45) is -0.755. The van der Waals surface area contributed by atoms with E-state index in [1.807, 2.05) is 0 Å². The highest BCUT2D eigenvalue weighted by atomic mass is 19.1. The monoisotopic (exact) mass is 635 g/mol. The van der Waals surface area contributed by atoms with Crippen LogP contribution in [0.3, 0.4) is 0 Å². The highest BCUT2D eigenvalue weighted by Gasteiger charge is 2.54. The Morgan fingerprint density at radius 2 is 1.60 bits per heavy atom. The van der Waals surface area contributed by atoms with E-state index in [2.05, 4.69) is 30.9 Å². The molecule has 0 radical (unpaired) electrons. The predicted octanol–water partition coefficient (Wildman–Crippen LogP) is 6.79. The van der Waals surface area contributed by atoms with Gasteiger partial charge in [0.1, 0.15) is 11.6 Å². The van der Waals surface area contributed by atoms with Crippen LogP contribution in [0.4, 0.5) is 15.8 Å². The third-order valence-electron chi connectivity index (χ3n) is 7.44. The molecule has 0 unspecified atom stereocenters. The van der Waals surface area contributed by atoms with Crippen molar-refractivity contribution in [3.8, 4) is 5.75 Å². The summed E-state index contributed by atoms with van der Waals surface area (Å²) in [6, 6.07) is 26.5. The Hall–Kier alpha value is -5.91. The van der Waals surface area contributed by atoms with Gasteiger partial charge in [-0.2, -0.15) is 0 Å². The van der Waals surface area contributed by atoms with Crippen molar-refractivity contribution in [3.63, 3.8) is 0 Å². The molecule has 1 amide bonds. The van der Waals surface area contributed by atoms with Crippen molar-refractivity contribution in [1.29, 1.82) is 0 Å². The van der Waals surface area contributed by atoms with Crippen LogP contribution in [-0.2, 0) is 22.5 Å². The van der Waals surface area contributed by atoms with Gasteiger partial charge in [0.05, 0.1) is 6.61 Å². The first-order valence-corrected chi connectivity index (χ1v) is 14.6. The number of hydrogen-bond acceptors (Lipinski definition) is 8. The van der Waals surface area contributed by atoms with Gasteiger partial charge in [-0.3, -0.25) is 10.2 Å². The third kappa shape index (κ3) is 7.50. The summed E-state index contributed by atoms with van der Waals surface area (Å²) in [5, 5.41) is 16.7. The number of halogens is 1. The first kappa shape index (κ1) is 32.5. The number of nitrogens with one attached hydrogen (secondary N) is 2. The van der Waals surface area contributed by atoms with Crippen LogP contribution in [-0.4, -0.2) is 35.7 Å². The van der Waals surface area contributed by atoms with Gasteiger partial charge >= 0.3 is 0 Å². The van der Waals surface area contributed by atoms with Gasteiger partial charge in [-0.1, -0.05) is 77.0 Å². The molecule has 0 spiro atoms. The smallest absolute Gasteiger partial charge is 0.266 e. The van der Waals surface area contributed by atoms with Crippen LogP contribution in [0.2, 0.25) is 0 Å². The Morgan fingerprint density at radius 1 is 0.936 bits per heavy atom. The van der Waals surface area contributed by atoms with Crippen molar-refractivity contribution in [2.75, 3.05) is 13.2 Å². The minimum Gasteiger partial charge on any atom is -0.494 e. The summed E-state index contributed by atoms with van der Waals surface area (Å²) in [5.41, 5.74) is 24.6. The van der Waals surface area contributed by atoms with Gasteiger partial charge in [-0.25, -0.2) is 14.8 Å². The van der Waals surface area contributed by atoms with Crippen LogP contribution in [0.15, 0.2) is 112 Å². The van der Waals surface area contributed by atoms with Gasteiger partial charge in [0.25, 0.3) is 5.91 Å². The molecule has 14 heteroatoms. The molecule has 0 aromatic heterocycles. The Morgan fingerprint density at radius 3 is 2.32 bits per heavy atom. The zero-order chi connectivity index (χ0) is 33.1. The van der Waals surface area contributed by atoms with Gasteiger partial charge in [0.15, 0.2) is 11.6 Å². The molecule has 0 saturated carbocycles. The number of carbonyl (C=O) groups excluding carboxylic acids is 1. The zero-order valence-electron chi connectivity index (χ0n) is 25.0. The van der Waals surface area contributed by atoms with Crippen LogP contribution in [0.1, 0.15) is 34.8 Å². The standard InChI is InChI=1S/C33H30FN9O4/c34-27-11-4-1-9-24(27)21-37-41-32(45)33(20-23-8-2-5-12-28(23)39-42-35)30(26-10-3-6-13-29(26)40-43-36)47-31(38-33)22-14-16-25(17-15-22)46-19-7-18-44/h1-6,8-17,30,37,44H,7,18-21H2,(H,41,45)/t30-,33-/m0/s1. The van der Waals surface area contributed by atoms with Gasteiger partial charge in [-0.15, -0.1) is 0 Å². The normalized spacial score (nSPS) is 16.6. The number of carbonyl (C=O) groups is 1. The quantitative estimate of drug-likeness (QED) is 0.0451. The molecule has 2 atom stereocenters. The molecule has 13 nitrogen and oxygen atoms in total. The van der Waals surface area contributed by atoms with E-state index < -0.39 is 23.4 Å². The molecule has 3 N–H and O–H groups in total. The molecule has 4 aromatic carbocycles. The van der Waals surface area contributed by atoms with E-state index in [0.29, 0.717) is 41.0 Å². The van der Waals surface area contributed by atoms with Crippen molar-refractivity contribution < 1.29 is 23.8 Å². The lowest BCUT2D eigenvalue weighted by Crippen LogP contribution is -2.53. The second-order valence-corrected chi connectivity index (χ2v) is 10.4. The molecular weight excluding hydrogens is 605 g/mol. The van der Waals surface area contributed by atoms with Gasteiger partial charge < -0.3 is 14.6 Å². The maximum atomic E-state index is 14.4. The molecule has 1 aliphatic heterocycles. The number of azide groups is 2. The summed E-state index contributed by atoms with van der Waals surface area (Å²) in [4.78, 5) is 25.3. The predicted molar refractivity (Wildman–Crippen MR) is 172 cm³/mol. The summed E-state index contributed by atoms with van der Waals surface area (Å²) in [7, 11) is 0. The molecular formula is C33H30FN9O4. The molecule has 0 aliphatic carbocycles. The van der Waals surface area contributed by atoms with E-state index in [1.165, 1.54) is 6.07 Å². The topological polar surface area (TPSA) is 190 Å². The lowest BCUT2D eigenvalue weighted by molar-refractivity contribution is -0.130. The average molecular weight is 636 g/mol. The molecule has 0 saturated heterocycles. The Bertz CT molecular complexity index is 1860. The molecule has 0 bridgehead atoms. The largest absolute Gasteiger partial charge is 0.494 e. The second-order valence-electron chi connectivity index (χ2n) is 10.4. The maximum Gasteiger partial charge on any atom is 0.266 e. The maximum absolute atomic E-state index is 14.4. The van der Waals surface area contributed by atoms with Crippen molar-refractivity contribution in [3.05, 3.63) is 146 Å². The van der Waals surface area contributed by atoms with E-state index in [-0.39, 0.29) is 36.8 Å². The number of aliphatic imine (C=N–C) groups is 1. The lowest BCUT2D eigenvalue weighted by atomic mass is 9.81. The van der Waals surface area contributed by atoms with Gasteiger partial charge in [-0.05, 0) is 47.0 Å². The van der Waals surface area contributed by atoms with Crippen LogP contribution < -0.4 is 15.6 Å². The molecule has 5 rings (SSSR count). The first-order chi connectivity index (χ1) is 23.0. The number of rotatable bonds is 14. The number of benzene rings is 4. The molecule has 47 heavy (non-hydrogen) atoms. The van der Waals surface area contributed by atoms with Crippen molar-refractivity contribution in [1.82, 2.24) is 10.9 Å². The van der Waals surface area contributed by atoms with Gasteiger partial charge in [0, 0.05) is 63.9 Å². The molecule has 1 heterocycles. The SMILES string of the molecule is [N-]=[N+]=Nc1ccccc1C[C@]1(C(=O)NNCc2ccccc2F)N=C(c2ccc(OCCCO)cc2)O[C@H]1c1ccccc1N=[N+]=[N-]. The summed E-state index contributed by atoms with van der Waals surface area (Å²) < 4.78 is 26.5. The van der Waals surface area contributed by atoms with Crippen molar-refractivity contribution >= 4 is 23.2 Å². The van der Waals surface area contributed by atoms with Crippen LogP contribution in [0.25, 0.3) is 20.9 Å². The fourth-order valence-electron chi connectivity index (χ4n) is 5.17. The summed E-state index contributed by atoms with van der Waals surface area (Å²) in [5.74, 6) is -0.389. The minimum atomic E-state index is -1.75. The van der Waals surface area contributed by atoms with E-state index >= 15 is 0 Å². The number of hydrazine groups is 1. The number of hydrogen-bond donors (Lipinski definition) is 3. The number of amides is 1. The number of ether oxygens (including phenoxy) is 2. The Labute approximate surface area is 268 Å². The minimum absolute atomic E-state index is 0.00351. The van der Waals surface area contributed by atoms with Crippen LogP contribution in [0, 0.1) is 5.82 Å². The van der Waals surface area contributed by atoms with E-state index in [9.17, 15) is 20.2 Å². The summed E-state index contributed by atoms with van der Waals surface area (Å²) in [6.45, 7) is 0.307. The lowest BCUT2D eigenvalue weighted by Gasteiger charge is -2.31. The Balaban J connectivity index is 1.61. The zero-order valence-corrected chi connectivity index (χ0v) is 25.0. The molecule has 0 fully saturated rings. The number of nitrogens with zero attached hydrogens (tertiary/aromatic N) is 7. The fraction of sp³-hybridized carbons (Fsp3) is 0.212. The molecule has 238 valence electrons. The number of aliphatic hydroxyl groups excluding tert-OH is 1. The average Bonchev–Trinajstić information content (AvgIpc) is 3.47. The van der Waals surface area contributed by atoms with E-state index in [4.69, 9.17) is 19.6 Å². The highest BCUT2D eigenvalue weighted by Crippen LogP contribution is 2.46. The number of aliphatic hydroxyl groups is 1. The van der Waals surface area contributed by atoms with Crippen molar-refractivity contribution in [2.24, 2.45) is 15.2 Å². The molecule has 4 aromatic rings. The third-order valence-corrected chi connectivity index (χ3v) is 7.44. The summed E-state index contributed by atoms with van der Waals surface area (Å²) >= 11 is 0. The van der Waals surface area contributed by atoms with Crippen molar-refractivity contribution in [2.45, 2.75) is 31.0 Å². The fourth-order valence-corrected chi connectivity index (χ4v) is 5.17. The highest BCUT2D eigenvalue weighted by molar-refractivity contribution is 6.01. The van der Waals surface area contributed by atoms with E-state index in [1.54, 1.807) is 91.0 Å². The van der Waals surface area contributed by atoms with E-state index in [0.717, 1.165) is 0 Å².